The van der Waals surface area contributed by atoms with Crippen LogP contribution in [0.15, 0.2) is 146 Å². The Morgan fingerprint density at radius 1 is 0.436 bits per heavy atom. The number of amides is 8. The number of ether oxygens (including phenoxy) is 4. The summed E-state index contributed by atoms with van der Waals surface area (Å²) in [6, 6.07) is 36.7. The quantitative estimate of drug-likeness (QED) is 0.0107. The Labute approximate surface area is 554 Å². The predicted molar refractivity (Wildman–Crippen MR) is 349 cm³/mol. The molecule has 2 aliphatic rings. The molecule has 94 heavy (non-hydrogen) atoms. The molecule has 6 aromatic rings. The highest BCUT2D eigenvalue weighted by Gasteiger charge is 2.31. The minimum absolute atomic E-state index is 0.0136. The van der Waals surface area contributed by atoms with Gasteiger partial charge < -0.3 is 60.6 Å². The fourth-order valence-corrected chi connectivity index (χ4v) is 10.8. The Balaban J connectivity index is 0.863. The lowest BCUT2D eigenvalue weighted by Gasteiger charge is -2.17. The Morgan fingerprint density at radius 3 is 1.07 bits per heavy atom. The third-order valence-electron chi connectivity index (χ3n) is 15.7. The number of carbonyl (C=O) groups is 10. The van der Waals surface area contributed by atoms with E-state index >= 15 is 0 Å². The van der Waals surface area contributed by atoms with E-state index in [-0.39, 0.29) is 138 Å². The summed E-state index contributed by atoms with van der Waals surface area (Å²) in [6.07, 6.45) is 3.05. The molecule has 492 valence electrons. The largest absolute Gasteiger partial charge is 0.467 e. The van der Waals surface area contributed by atoms with Crippen molar-refractivity contribution in [3.8, 4) is 0 Å². The SMILES string of the molecule is COC(=O)[C@H](CCCNC(=O)c1cc2c(cc1C(=O)NCCc1ccc(Cl)cc1)CN(C(=O)C/C=C/CC(=O)N1Cc3cc(C(=O)NCCC[C@H](NC(=O)OCc4ccccc4)C(=O)OC)c(C(=O)NCCc4ccc(Cl)cc4)cc3C1)C2)NC(=O)OCc1ccccc1. The summed E-state index contributed by atoms with van der Waals surface area (Å²) in [5, 5.41) is 17.7. The maximum Gasteiger partial charge on any atom is 0.408 e. The second kappa shape index (κ2) is 35.1. The maximum atomic E-state index is 14.0. The van der Waals surface area contributed by atoms with Crippen molar-refractivity contribution in [1.82, 2.24) is 41.7 Å². The molecule has 0 aromatic heterocycles. The van der Waals surface area contributed by atoms with Crippen LogP contribution < -0.4 is 31.9 Å². The summed E-state index contributed by atoms with van der Waals surface area (Å²) < 4.78 is 20.4. The molecule has 0 saturated heterocycles. The van der Waals surface area contributed by atoms with Crippen LogP contribution in [-0.2, 0) is 90.4 Å². The van der Waals surface area contributed by atoms with E-state index in [4.69, 9.17) is 42.1 Å². The number of carbonyl (C=O) groups excluding carboxylic acids is 10. The number of rotatable bonds is 30. The van der Waals surface area contributed by atoms with Crippen molar-refractivity contribution in [3.05, 3.63) is 222 Å². The number of esters is 2. The standard InChI is InChI=1S/C70H74Cl2N8O14/c1-91-67(87)59(77-69(89)93-43-47-13-5-3-6-14-47)17-11-31-73-63(83)55-35-49-39-79(41-51(49)37-57(55)65(85)75-33-29-45-21-25-53(71)26-22-45)61(81)19-9-10-20-62(82)80-40-50-36-56(58(38-52(50)42-80)66(86)76-34-30-46-23-27-54(72)28-24-46)64(84)74-32-12-18-60(68(88)92-2)78-70(90)94-44-48-15-7-4-8-16-48/h3-10,13-16,21-28,35-38,59-60H,11-12,17-20,29-34,39-44H2,1-2H3,(H,73,83)(H,74,84)(H,75,85)(H,76,86)(H,77,89)(H,78,90)/b10-9+/t59-,60-/m0/s1. The average Bonchev–Trinajstić information content (AvgIpc) is 1.61. The highest BCUT2D eigenvalue weighted by atomic mass is 35.5. The van der Waals surface area contributed by atoms with E-state index in [0.29, 0.717) is 45.1 Å². The van der Waals surface area contributed by atoms with Gasteiger partial charge in [0.2, 0.25) is 11.8 Å². The van der Waals surface area contributed by atoms with Crippen LogP contribution in [0, 0.1) is 0 Å². The summed E-state index contributed by atoms with van der Waals surface area (Å²) in [7, 11) is 2.39. The molecular formula is C70H74Cl2N8O14. The molecule has 8 amide bonds. The molecule has 0 spiro atoms. The van der Waals surface area contributed by atoms with Gasteiger partial charge in [0.05, 0.1) is 36.5 Å². The second-order valence-corrected chi connectivity index (χ2v) is 23.2. The van der Waals surface area contributed by atoms with Crippen LogP contribution in [0.1, 0.15) is 124 Å². The molecule has 2 atom stereocenters. The first-order valence-corrected chi connectivity index (χ1v) is 31.4. The number of fused-ring (bicyclic) bond motifs is 2. The number of hydrogen-bond acceptors (Lipinski definition) is 14. The van der Waals surface area contributed by atoms with Gasteiger partial charge in [-0.2, -0.15) is 0 Å². The molecule has 0 fully saturated rings. The Kier molecular flexibility index (Phi) is 26.1. The van der Waals surface area contributed by atoms with Gasteiger partial charge in [0.25, 0.3) is 23.6 Å². The Morgan fingerprint density at radius 2 is 0.755 bits per heavy atom. The van der Waals surface area contributed by atoms with Crippen LogP contribution in [0.4, 0.5) is 9.59 Å². The second-order valence-electron chi connectivity index (χ2n) is 22.3. The van der Waals surface area contributed by atoms with Crippen molar-refractivity contribution in [3.63, 3.8) is 0 Å². The topological polar surface area (TPSA) is 286 Å². The van der Waals surface area contributed by atoms with Crippen LogP contribution in [0.25, 0.3) is 0 Å². The minimum atomic E-state index is -1.07. The molecule has 24 heteroatoms. The molecular weight excluding hydrogens is 1250 g/mol. The summed E-state index contributed by atoms with van der Waals surface area (Å²) >= 11 is 12.1. The maximum absolute atomic E-state index is 14.0. The van der Waals surface area contributed by atoms with Gasteiger partial charge in [-0.3, -0.25) is 28.8 Å². The van der Waals surface area contributed by atoms with Gasteiger partial charge in [0, 0.05) is 75.2 Å². The van der Waals surface area contributed by atoms with Crippen LogP contribution >= 0.6 is 23.2 Å². The van der Waals surface area contributed by atoms with Gasteiger partial charge in [-0.05, 0) is 132 Å². The average molecular weight is 1320 g/mol. The van der Waals surface area contributed by atoms with Crippen molar-refractivity contribution < 1.29 is 66.9 Å². The lowest BCUT2D eigenvalue weighted by Crippen LogP contribution is -2.42. The van der Waals surface area contributed by atoms with Crippen molar-refractivity contribution in [2.24, 2.45) is 0 Å². The van der Waals surface area contributed by atoms with Crippen LogP contribution in [0.3, 0.4) is 0 Å². The predicted octanol–water partition coefficient (Wildman–Crippen LogP) is 8.62. The first kappa shape index (κ1) is 69.8. The number of methoxy groups -OCH3 is 2. The lowest BCUT2D eigenvalue weighted by molar-refractivity contribution is -0.144. The molecule has 6 N–H and O–H groups in total. The zero-order chi connectivity index (χ0) is 66.9. The first-order valence-electron chi connectivity index (χ1n) is 30.7. The Bertz CT molecular complexity index is 3480. The van der Waals surface area contributed by atoms with Gasteiger partial charge in [-0.15, -0.1) is 0 Å². The number of benzene rings is 6. The number of nitrogens with zero attached hydrogens (tertiary/aromatic N) is 2. The number of halogens is 2. The Hall–Kier alpha value is -10.1. The zero-order valence-corrected chi connectivity index (χ0v) is 53.6. The highest BCUT2D eigenvalue weighted by Crippen LogP contribution is 2.30. The third kappa shape index (κ3) is 20.7. The zero-order valence-electron chi connectivity index (χ0n) is 52.1. The van der Waals surface area contributed by atoms with Crippen LogP contribution in [0.5, 0.6) is 0 Å². The number of alkyl carbamates (subject to hydrolysis) is 2. The molecule has 0 aliphatic carbocycles. The molecule has 0 bridgehead atoms. The summed E-state index contributed by atoms with van der Waals surface area (Å²) in [4.78, 5) is 137. The van der Waals surface area contributed by atoms with Crippen LogP contribution in [0.2, 0.25) is 10.0 Å². The van der Waals surface area contributed by atoms with Gasteiger partial charge >= 0.3 is 24.1 Å². The van der Waals surface area contributed by atoms with Crippen molar-refractivity contribution in [2.45, 2.75) is 103 Å². The van der Waals surface area contributed by atoms with Crippen molar-refractivity contribution in [2.75, 3.05) is 40.4 Å². The van der Waals surface area contributed by atoms with Crippen LogP contribution in [-0.4, -0.2) is 122 Å². The van der Waals surface area contributed by atoms with E-state index in [1.807, 2.05) is 36.4 Å². The van der Waals surface area contributed by atoms with Crippen molar-refractivity contribution >= 4 is 82.8 Å². The normalized spacial score (nSPS) is 12.7. The third-order valence-corrected chi connectivity index (χ3v) is 16.2. The van der Waals surface area contributed by atoms with Gasteiger partial charge in [0.15, 0.2) is 0 Å². The molecule has 2 heterocycles. The molecule has 0 radical (unpaired) electrons. The van der Waals surface area contributed by atoms with Gasteiger partial charge in [-0.25, -0.2) is 19.2 Å². The summed E-state index contributed by atoms with van der Waals surface area (Å²) in [5.41, 5.74) is 6.37. The van der Waals surface area contributed by atoms with E-state index in [1.54, 1.807) is 119 Å². The molecule has 6 aromatic carbocycles. The molecule has 22 nitrogen and oxygen atoms in total. The van der Waals surface area contributed by atoms with E-state index in [1.165, 1.54) is 14.2 Å². The van der Waals surface area contributed by atoms with Gasteiger partial charge in [0.1, 0.15) is 25.3 Å². The van der Waals surface area contributed by atoms with E-state index < -0.39 is 59.8 Å². The van der Waals surface area contributed by atoms with E-state index in [9.17, 15) is 47.9 Å². The van der Waals surface area contributed by atoms with Gasteiger partial charge in [-0.1, -0.05) is 120 Å². The summed E-state index contributed by atoms with van der Waals surface area (Å²) in [5.74, 6) is -4.09. The molecule has 0 saturated carbocycles. The summed E-state index contributed by atoms with van der Waals surface area (Å²) in [6.45, 7) is 1.16. The fourth-order valence-electron chi connectivity index (χ4n) is 10.6. The fraction of sp³-hybridized carbons (Fsp3) is 0.314. The number of nitrogens with one attached hydrogen (secondary N) is 6. The smallest absolute Gasteiger partial charge is 0.408 e. The minimum Gasteiger partial charge on any atom is -0.467 e. The van der Waals surface area contributed by atoms with E-state index in [2.05, 4.69) is 31.9 Å². The molecule has 0 unspecified atom stereocenters. The highest BCUT2D eigenvalue weighted by molar-refractivity contribution is 6.30. The first-order chi connectivity index (χ1) is 45.4. The monoisotopic (exact) mass is 1320 g/mol. The lowest BCUT2D eigenvalue weighted by atomic mass is 9.98. The molecule has 8 rings (SSSR count). The van der Waals surface area contributed by atoms with Crippen molar-refractivity contribution in [1.29, 1.82) is 0 Å². The van der Waals surface area contributed by atoms with E-state index in [0.717, 1.165) is 22.3 Å². The number of hydrogen-bond donors (Lipinski definition) is 6. The molecule has 2 aliphatic heterocycles.